The van der Waals surface area contributed by atoms with E-state index in [9.17, 15) is 4.79 Å². The Kier molecular flexibility index (Phi) is 2.40. The number of Topliss-reactive ketones (excluding diaryl/α,β-unsaturated/α-hetero) is 1. The first-order valence-electron chi connectivity index (χ1n) is 5.95. The third kappa shape index (κ3) is 1.35. The molecule has 15 heavy (non-hydrogen) atoms. The van der Waals surface area contributed by atoms with Crippen LogP contribution in [0.15, 0.2) is 0 Å². The zero-order chi connectivity index (χ0) is 10.6. The van der Waals surface area contributed by atoms with Gasteiger partial charge in [0.2, 0.25) is 0 Å². The van der Waals surface area contributed by atoms with Gasteiger partial charge in [-0.25, -0.2) is 0 Å². The molecular formula is C12H18OS2. The van der Waals surface area contributed by atoms with Crippen LogP contribution in [-0.2, 0) is 4.79 Å². The summed E-state index contributed by atoms with van der Waals surface area (Å²) in [5.74, 6) is 5.65. The van der Waals surface area contributed by atoms with Crippen molar-refractivity contribution in [1.29, 1.82) is 0 Å². The fourth-order valence-electron chi connectivity index (χ4n) is 3.75. The second kappa shape index (κ2) is 3.43. The molecule has 3 fully saturated rings. The maximum Gasteiger partial charge on any atom is 0.136 e. The van der Waals surface area contributed by atoms with Crippen molar-refractivity contribution in [2.75, 3.05) is 11.5 Å². The first kappa shape index (κ1) is 10.5. The molecule has 0 aromatic rings. The summed E-state index contributed by atoms with van der Waals surface area (Å²) in [7, 11) is 0. The highest BCUT2D eigenvalue weighted by atomic mass is 32.2. The number of carbonyl (C=O) groups is 1. The molecule has 0 unspecified atom stereocenters. The van der Waals surface area contributed by atoms with Gasteiger partial charge in [0.25, 0.3) is 0 Å². The summed E-state index contributed by atoms with van der Waals surface area (Å²) >= 11 is 4.34. The summed E-state index contributed by atoms with van der Waals surface area (Å²) in [5.41, 5.74) is 0. The topological polar surface area (TPSA) is 17.1 Å². The van der Waals surface area contributed by atoms with E-state index in [1.165, 1.54) is 17.9 Å². The van der Waals surface area contributed by atoms with Crippen molar-refractivity contribution >= 4 is 29.3 Å². The average molecular weight is 242 g/mol. The molecule has 0 aromatic carbocycles. The first-order chi connectivity index (χ1) is 7.14. The summed E-state index contributed by atoms with van der Waals surface area (Å²) in [6.45, 7) is 4.55. The SMILES string of the molecule is C[C@@H]1[C@H]2CC(=O)[C@H](C)[C@H]2CC12SCCS2. The molecule has 4 atom stereocenters. The summed E-state index contributed by atoms with van der Waals surface area (Å²) in [5, 5.41) is 0. The van der Waals surface area contributed by atoms with Crippen LogP contribution in [0.4, 0.5) is 0 Å². The van der Waals surface area contributed by atoms with Crippen molar-refractivity contribution in [3.8, 4) is 0 Å². The van der Waals surface area contributed by atoms with Crippen LogP contribution < -0.4 is 0 Å². The van der Waals surface area contributed by atoms with Crippen LogP contribution in [0.2, 0.25) is 0 Å². The highest BCUT2D eigenvalue weighted by molar-refractivity contribution is 8.21. The average Bonchev–Trinajstić information content (AvgIpc) is 2.85. The first-order valence-corrected chi connectivity index (χ1v) is 7.92. The Balaban J connectivity index is 1.88. The predicted molar refractivity (Wildman–Crippen MR) is 67.2 cm³/mol. The fourth-order valence-corrected chi connectivity index (χ4v) is 7.43. The third-order valence-electron chi connectivity index (χ3n) is 4.77. The van der Waals surface area contributed by atoms with Gasteiger partial charge in [0.15, 0.2) is 0 Å². The molecule has 0 amide bonds. The Morgan fingerprint density at radius 1 is 1.20 bits per heavy atom. The van der Waals surface area contributed by atoms with Gasteiger partial charge in [0.1, 0.15) is 5.78 Å². The van der Waals surface area contributed by atoms with E-state index in [0.717, 1.165) is 12.3 Å². The molecule has 3 heteroatoms. The molecule has 1 saturated heterocycles. The van der Waals surface area contributed by atoms with E-state index in [1.54, 1.807) is 0 Å². The standard InChI is InChI=1S/C12H18OS2/c1-7-10-6-12(14-3-4-15-12)8(2)9(10)5-11(7)13/h7-10H,3-6H2,1-2H3/t7-,8-,9-,10-/m1/s1. The van der Waals surface area contributed by atoms with Gasteiger partial charge in [-0.05, 0) is 24.2 Å². The molecule has 0 aromatic heterocycles. The normalized spacial score (nSPS) is 47.7. The molecular weight excluding hydrogens is 224 g/mol. The summed E-state index contributed by atoms with van der Waals surface area (Å²) in [6, 6.07) is 0. The van der Waals surface area contributed by atoms with Crippen molar-refractivity contribution in [3.63, 3.8) is 0 Å². The zero-order valence-corrected chi connectivity index (χ0v) is 11.0. The number of hydrogen-bond donors (Lipinski definition) is 0. The summed E-state index contributed by atoms with van der Waals surface area (Å²) in [4.78, 5) is 11.7. The van der Waals surface area contributed by atoms with Gasteiger partial charge in [-0.15, -0.1) is 23.5 Å². The van der Waals surface area contributed by atoms with Crippen LogP contribution in [0, 0.1) is 23.7 Å². The van der Waals surface area contributed by atoms with Gasteiger partial charge in [-0.1, -0.05) is 13.8 Å². The quantitative estimate of drug-likeness (QED) is 0.650. The van der Waals surface area contributed by atoms with Crippen LogP contribution in [-0.4, -0.2) is 21.4 Å². The van der Waals surface area contributed by atoms with Crippen LogP contribution >= 0.6 is 23.5 Å². The molecule has 3 rings (SSSR count). The second-order valence-electron chi connectivity index (χ2n) is 5.29. The molecule has 1 spiro atoms. The van der Waals surface area contributed by atoms with E-state index in [1.807, 2.05) is 0 Å². The smallest absolute Gasteiger partial charge is 0.136 e. The van der Waals surface area contributed by atoms with E-state index in [0.29, 0.717) is 27.6 Å². The van der Waals surface area contributed by atoms with Crippen molar-refractivity contribution in [3.05, 3.63) is 0 Å². The Labute approximate surface area is 100 Å². The maximum absolute atomic E-state index is 11.7. The highest BCUT2D eigenvalue weighted by Gasteiger charge is 2.58. The number of thioether (sulfide) groups is 2. The minimum Gasteiger partial charge on any atom is -0.299 e. The molecule has 0 N–H and O–H groups in total. The van der Waals surface area contributed by atoms with E-state index in [2.05, 4.69) is 37.4 Å². The molecule has 3 aliphatic rings. The van der Waals surface area contributed by atoms with Gasteiger partial charge < -0.3 is 0 Å². The van der Waals surface area contributed by atoms with Gasteiger partial charge in [-0.3, -0.25) is 4.79 Å². The molecule has 2 saturated carbocycles. The minimum atomic E-state index is 0.346. The van der Waals surface area contributed by atoms with Crippen molar-refractivity contribution in [2.24, 2.45) is 23.7 Å². The van der Waals surface area contributed by atoms with Crippen LogP contribution in [0.1, 0.15) is 26.7 Å². The third-order valence-corrected chi connectivity index (χ3v) is 8.61. The molecule has 84 valence electrons. The van der Waals surface area contributed by atoms with E-state index < -0.39 is 0 Å². The van der Waals surface area contributed by atoms with Crippen LogP contribution in [0.3, 0.4) is 0 Å². The lowest BCUT2D eigenvalue weighted by Crippen LogP contribution is -2.24. The maximum atomic E-state index is 11.7. The lowest BCUT2D eigenvalue weighted by Gasteiger charge is -2.29. The van der Waals surface area contributed by atoms with E-state index in [-0.39, 0.29) is 0 Å². The number of carbonyl (C=O) groups excluding carboxylic acids is 1. The Bertz CT molecular complexity index is 296. The van der Waals surface area contributed by atoms with Crippen LogP contribution in [0.5, 0.6) is 0 Å². The molecule has 1 nitrogen and oxygen atoms in total. The number of fused-ring (bicyclic) bond motifs is 1. The molecule has 1 heterocycles. The fraction of sp³-hybridized carbons (Fsp3) is 0.917. The van der Waals surface area contributed by atoms with Crippen molar-refractivity contribution in [2.45, 2.75) is 30.8 Å². The lowest BCUT2D eigenvalue weighted by molar-refractivity contribution is -0.121. The highest BCUT2D eigenvalue weighted by Crippen LogP contribution is 2.64. The van der Waals surface area contributed by atoms with Gasteiger partial charge in [0, 0.05) is 23.8 Å². The predicted octanol–water partition coefficient (Wildman–Crippen LogP) is 3.04. The molecule has 0 bridgehead atoms. The van der Waals surface area contributed by atoms with Crippen LogP contribution in [0.25, 0.3) is 0 Å². The molecule has 1 aliphatic heterocycles. The monoisotopic (exact) mass is 242 g/mol. The van der Waals surface area contributed by atoms with Crippen molar-refractivity contribution < 1.29 is 4.79 Å². The summed E-state index contributed by atoms with van der Waals surface area (Å²) in [6.07, 6.45) is 2.16. The lowest BCUT2D eigenvalue weighted by atomic mass is 9.90. The Morgan fingerprint density at radius 2 is 1.87 bits per heavy atom. The number of rotatable bonds is 0. The van der Waals surface area contributed by atoms with E-state index >= 15 is 0 Å². The van der Waals surface area contributed by atoms with Gasteiger partial charge in [-0.2, -0.15) is 0 Å². The Hall–Kier alpha value is 0.370. The Morgan fingerprint density at radius 3 is 2.47 bits per heavy atom. The van der Waals surface area contributed by atoms with E-state index in [4.69, 9.17) is 0 Å². The second-order valence-corrected chi connectivity index (χ2v) is 8.40. The zero-order valence-electron chi connectivity index (χ0n) is 9.36. The number of ketones is 1. The number of hydrogen-bond acceptors (Lipinski definition) is 3. The molecule has 0 radical (unpaired) electrons. The minimum absolute atomic E-state index is 0.346. The largest absolute Gasteiger partial charge is 0.299 e. The summed E-state index contributed by atoms with van der Waals surface area (Å²) < 4.78 is 0.490. The van der Waals surface area contributed by atoms with Gasteiger partial charge in [0.05, 0.1) is 4.08 Å². The van der Waals surface area contributed by atoms with Crippen molar-refractivity contribution in [1.82, 2.24) is 0 Å². The molecule has 2 aliphatic carbocycles. The van der Waals surface area contributed by atoms with Gasteiger partial charge >= 0.3 is 0 Å².